The summed E-state index contributed by atoms with van der Waals surface area (Å²) in [4.78, 5) is 11.9. The van der Waals surface area contributed by atoms with Crippen LogP contribution >= 0.6 is 0 Å². The van der Waals surface area contributed by atoms with Gasteiger partial charge in [0.05, 0.1) is 5.69 Å². The van der Waals surface area contributed by atoms with Crippen LogP contribution in [-0.4, -0.2) is 22.2 Å². The lowest BCUT2D eigenvalue weighted by Gasteiger charge is -2.14. The van der Waals surface area contributed by atoms with Crippen molar-refractivity contribution in [3.63, 3.8) is 0 Å². The molecule has 124 valence electrons. The van der Waals surface area contributed by atoms with Crippen molar-refractivity contribution < 1.29 is 4.79 Å². The number of hydrogen-bond donors (Lipinski definition) is 1. The number of nitrogens with zero attached hydrogens (tertiary/aromatic N) is 2. The van der Waals surface area contributed by atoms with Crippen LogP contribution in [0.4, 0.5) is 0 Å². The predicted octanol–water partition coefficient (Wildman–Crippen LogP) is 3.28. The number of carbonyl (C=O) groups is 1. The molecule has 4 nitrogen and oxygen atoms in total. The Morgan fingerprint density at radius 1 is 1.26 bits per heavy atom. The van der Waals surface area contributed by atoms with Crippen LogP contribution in [0.5, 0.6) is 0 Å². The topological polar surface area (TPSA) is 46.9 Å². The Hall–Kier alpha value is -2.10. The summed E-state index contributed by atoms with van der Waals surface area (Å²) in [6.45, 7) is 7.74. The predicted molar refractivity (Wildman–Crippen MR) is 93.3 cm³/mol. The normalized spacial score (nSPS) is 12.1. The molecule has 0 saturated heterocycles. The van der Waals surface area contributed by atoms with Crippen molar-refractivity contribution in [2.24, 2.45) is 5.92 Å². The maximum atomic E-state index is 11.9. The zero-order valence-corrected chi connectivity index (χ0v) is 14.4. The third-order valence-electron chi connectivity index (χ3n) is 3.95. The Morgan fingerprint density at radius 2 is 2.00 bits per heavy atom. The van der Waals surface area contributed by atoms with Gasteiger partial charge in [0, 0.05) is 25.2 Å². The minimum Gasteiger partial charge on any atom is -0.356 e. The van der Waals surface area contributed by atoms with Crippen LogP contribution in [0, 0.1) is 19.8 Å². The minimum atomic E-state index is 0.140. The molecule has 1 heterocycles. The van der Waals surface area contributed by atoms with Gasteiger partial charge in [0.1, 0.15) is 0 Å². The summed E-state index contributed by atoms with van der Waals surface area (Å²) in [5, 5.41) is 7.50. The van der Waals surface area contributed by atoms with Gasteiger partial charge in [-0.1, -0.05) is 37.3 Å². The maximum Gasteiger partial charge on any atom is 0.220 e. The van der Waals surface area contributed by atoms with E-state index in [0.29, 0.717) is 18.9 Å². The first-order chi connectivity index (χ1) is 11.0. The number of aromatic nitrogens is 2. The average molecular weight is 313 g/mol. The first-order valence-corrected chi connectivity index (χ1v) is 8.36. The summed E-state index contributed by atoms with van der Waals surface area (Å²) in [5.74, 6) is 0.507. The Labute approximate surface area is 138 Å². The van der Waals surface area contributed by atoms with Crippen molar-refractivity contribution in [2.75, 3.05) is 6.54 Å². The highest BCUT2D eigenvalue weighted by atomic mass is 16.1. The van der Waals surface area contributed by atoms with Gasteiger partial charge >= 0.3 is 0 Å². The van der Waals surface area contributed by atoms with Gasteiger partial charge in [0.2, 0.25) is 5.91 Å². The summed E-state index contributed by atoms with van der Waals surface area (Å²) in [6, 6.07) is 12.4. The highest BCUT2D eigenvalue weighted by molar-refractivity contribution is 5.75. The van der Waals surface area contributed by atoms with Gasteiger partial charge in [-0.25, -0.2) is 0 Å². The molecule has 0 bridgehead atoms. The maximum absolute atomic E-state index is 11.9. The van der Waals surface area contributed by atoms with Crippen LogP contribution in [0.15, 0.2) is 36.4 Å². The summed E-state index contributed by atoms with van der Waals surface area (Å²) in [5.41, 5.74) is 3.50. The second-order valence-corrected chi connectivity index (χ2v) is 6.36. The number of rotatable bonds is 8. The largest absolute Gasteiger partial charge is 0.356 e. The molecule has 1 N–H and O–H groups in total. The summed E-state index contributed by atoms with van der Waals surface area (Å²) < 4.78 is 2.02. The van der Waals surface area contributed by atoms with Gasteiger partial charge < -0.3 is 5.32 Å². The van der Waals surface area contributed by atoms with E-state index in [1.807, 2.05) is 29.8 Å². The van der Waals surface area contributed by atoms with E-state index in [4.69, 9.17) is 0 Å². The molecular weight excluding hydrogens is 286 g/mol. The fourth-order valence-corrected chi connectivity index (χ4v) is 2.69. The highest BCUT2D eigenvalue weighted by Crippen LogP contribution is 2.07. The van der Waals surface area contributed by atoms with Crippen molar-refractivity contribution in [1.82, 2.24) is 15.1 Å². The molecule has 0 aliphatic heterocycles. The first kappa shape index (κ1) is 17.3. The Balaban J connectivity index is 1.64. The molecule has 4 heteroatoms. The molecule has 23 heavy (non-hydrogen) atoms. The van der Waals surface area contributed by atoms with E-state index in [1.54, 1.807) is 0 Å². The lowest BCUT2D eigenvalue weighted by atomic mass is 10.1. The quantitative estimate of drug-likeness (QED) is 0.813. The smallest absolute Gasteiger partial charge is 0.220 e. The molecule has 1 aromatic heterocycles. The molecule has 1 amide bonds. The Morgan fingerprint density at radius 3 is 2.65 bits per heavy atom. The Kier molecular flexibility index (Phi) is 6.39. The fraction of sp³-hybridized carbons (Fsp3) is 0.474. The van der Waals surface area contributed by atoms with Gasteiger partial charge in [-0.15, -0.1) is 0 Å². The Bertz CT molecular complexity index is 619. The summed E-state index contributed by atoms with van der Waals surface area (Å²) >= 11 is 0. The van der Waals surface area contributed by atoms with Crippen LogP contribution in [0.3, 0.4) is 0 Å². The minimum absolute atomic E-state index is 0.140. The molecule has 0 fully saturated rings. The molecular formula is C19H27N3O. The van der Waals surface area contributed by atoms with E-state index in [9.17, 15) is 4.79 Å². The van der Waals surface area contributed by atoms with Crippen LogP contribution in [-0.2, 0) is 17.8 Å². The molecule has 0 saturated carbocycles. The molecule has 1 unspecified atom stereocenters. The lowest BCUT2D eigenvalue weighted by Crippen LogP contribution is -2.30. The number of hydrogen-bond acceptors (Lipinski definition) is 2. The SMILES string of the molecule is Cc1cc(C)n(CC(C)CNC(=O)CCCc2ccccc2)n1. The van der Waals surface area contributed by atoms with E-state index >= 15 is 0 Å². The lowest BCUT2D eigenvalue weighted by molar-refractivity contribution is -0.121. The van der Waals surface area contributed by atoms with Crippen LogP contribution in [0.25, 0.3) is 0 Å². The van der Waals surface area contributed by atoms with E-state index in [-0.39, 0.29) is 5.91 Å². The molecule has 0 aliphatic carbocycles. The second-order valence-electron chi connectivity index (χ2n) is 6.36. The molecule has 0 spiro atoms. The van der Waals surface area contributed by atoms with Crippen molar-refractivity contribution in [1.29, 1.82) is 0 Å². The molecule has 1 aromatic carbocycles. The molecule has 0 aliphatic rings. The van der Waals surface area contributed by atoms with E-state index in [0.717, 1.165) is 25.1 Å². The van der Waals surface area contributed by atoms with Crippen molar-refractivity contribution in [2.45, 2.75) is 46.6 Å². The number of amides is 1. The van der Waals surface area contributed by atoms with Gasteiger partial charge in [-0.05, 0) is 44.2 Å². The van der Waals surface area contributed by atoms with Crippen molar-refractivity contribution in [3.8, 4) is 0 Å². The average Bonchev–Trinajstić information content (AvgIpc) is 2.84. The fourth-order valence-electron chi connectivity index (χ4n) is 2.69. The monoisotopic (exact) mass is 313 g/mol. The molecule has 1 atom stereocenters. The van der Waals surface area contributed by atoms with Gasteiger partial charge in [-0.3, -0.25) is 9.48 Å². The molecule has 0 radical (unpaired) electrons. The third kappa shape index (κ3) is 5.89. The van der Waals surface area contributed by atoms with E-state index in [2.05, 4.69) is 42.5 Å². The summed E-state index contributed by atoms with van der Waals surface area (Å²) in [6.07, 6.45) is 2.43. The number of carbonyl (C=O) groups excluding carboxylic acids is 1. The standard InChI is InChI=1S/C19H27N3O/c1-15(14-22-17(3)12-16(2)21-22)13-20-19(23)11-7-10-18-8-5-4-6-9-18/h4-6,8-9,12,15H,7,10-11,13-14H2,1-3H3,(H,20,23). The third-order valence-corrected chi connectivity index (χ3v) is 3.95. The zero-order chi connectivity index (χ0) is 16.7. The molecule has 2 rings (SSSR count). The van der Waals surface area contributed by atoms with Gasteiger partial charge in [0.15, 0.2) is 0 Å². The molecule has 2 aromatic rings. The zero-order valence-electron chi connectivity index (χ0n) is 14.4. The van der Waals surface area contributed by atoms with E-state index in [1.165, 1.54) is 11.3 Å². The van der Waals surface area contributed by atoms with Gasteiger partial charge in [0.25, 0.3) is 0 Å². The summed E-state index contributed by atoms with van der Waals surface area (Å²) in [7, 11) is 0. The van der Waals surface area contributed by atoms with Crippen molar-refractivity contribution >= 4 is 5.91 Å². The first-order valence-electron chi connectivity index (χ1n) is 8.36. The number of aryl methyl sites for hydroxylation is 3. The van der Waals surface area contributed by atoms with Crippen LogP contribution in [0.1, 0.15) is 36.7 Å². The van der Waals surface area contributed by atoms with Crippen LogP contribution in [0.2, 0.25) is 0 Å². The second kappa shape index (κ2) is 8.51. The van der Waals surface area contributed by atoms with E-state index < -0.39 is 0 Å². The van der Waals surface area contributed by atoms with Crippen molar-refractivity contribution in [3.05, 3.63) is 53.3 Å². The van der Waals surface area contributed by atoms with Gasteiger partial charge in [-0.2, -0.15) is 5.10 Å². The van der Waals surface area contributed by atoms with Crippen LogP contribution < -0.4 is 5.32 Å². The highest BCUT2D eigenvalue weighted by Gasteiger charge is 2.09. The number of nitrogens with one attached hydrogen (secondary N) is 1. The number of benzene rings is 1.